The number of hydrogen-bond donors (Lipinski definition) is 1. The minimum absolute atomic E-state index is 0.164. The molecule has 1 saturated heterocycles. The van der Waals surface area contributed by atoms with Gasteiger partial charge in [-0.3, -0.25) is 0 Å². The van der Waals surface area contributed by atoms with Gasteiger partial charge in [0, 0.05) is 43.2 Å². The summed E-state index contributed by atoms with van der Waals surface area (Å²) in [6.45, 7) is 4.76. The number of hydrogen-bond acceptors (Lipinski definition) is 3. The molecule has 0 saturated carbocycles. The topological polar surface area (TPSA) is 30.5 Å². The molecule has 0 radical (unpaired) electrons. The fourth-order valence-corrected chi connectivity index (χ4v) is 3.36. The fraction of sp³-hybridized carbons (Fsp3) is 0.647. The molecule has 2 heterocycles. The van der Waals surface area contributed by atoms with E-state index in [9.17, 15) is 4.39 Å². The van der Waals surface area contributed by atoms with Crippen LogP contribution in [0, 0.1) is 11.7 Å². The van der Waals surface area contributed by atoms with Crippen LogP contribution in [0.1, 0.15) is 44.2 Å². The molecule has 0 amide bonds. The van der Waals surface area contributed by atoms with Crippen molar-refractivity contribution in [3.05, 3.63) is 29.6 Å². The highest BCUT2D eigenvalue weighted by Gasteiger charge is 2.34. The Morgan fingerprint density at radius 2 is 2.10 bits per heavy atom. The number of nitrogens with one attached hydrogen (secondary N) is 1. The summed E-state index contributed by atoms with van der Waals surface area (Å²) in [7, 11) is 0. The molecule has 3 rings (SSSR count). The van der Waals surface area contributed by atoms with Crippen LogP contribution in [0.2, 0.25) is 0 Å². The molecule has 0 aromatic heterocycles. The molecule has 2 aliphatic rings. The Balaban J connectivity index is 1.80. The largest absolute Gasteiger partial charge is 0.490 e. The van der Waals surface area contributed by atoms with Gasteiger partial charge in [0.05, 0.1) is 0 Å². The summed E-state index contributed by atoms with van der Waals surface area (Å²) in [6.07, 6.45) is 4.29. The summed E-state index contributed by atoms with van der Waals surface area (Å²) in [6, 6.07) is 5.18. The average Bonchev–Trinajstić information content (AvgIpc) is 2.52. The predicted molar refractivity (Wildman–Crippen MR) is 80.0 cm³/mol. The van der Waals surface area contributed by atoms with Crippen LogP contribution in [-0.2, 0) is 4.74 Å². The average molecular weight is 293 g/mol. The third kappa shape index (κ3) is 3.38. The third-order valence-electron chi connectivity index (χ3n) is 4.53. The lowest BCUT2D eigenvalue weighted by Gasteiger charge is -2.38. The Labute approximate surface area is 125 Å². The molecule has 1 aromatic carbocycles. The molecule has 1 aromatic rings. The van der Waals surface area contributed by atoms with E-state index in [4.69, 9.17) is 9.47 Å². The van der Waals surface area contributed by atoms with E-state index in [1.165, 1.54) is 12.1 Å². The lowest BCUT2D eigenvalue weighted by molar-refractivity contribution is 0.00517. The van der Waals surface area contributed by atoms with Gasteiger partial charge in [0.2, 0.25) is 0 Å². The van der Waals surface area contributed by atoms with Crippen molar-refractivity contribution in [2.45, 2.75) is 44.8 Å². The van der Waals surface area contributed by atoms with Gasteiger partial charge in [-0.15, -0.1) is 0 Å². The molecule has 21 heavy (non-hydrogen) atoms. The summed E-state index contributed by atoms with van der Waals surface area (Å²) in [5, 5.41) is 3.58. The Morgan fingerprint density at radius 1 is 1.29 bits per heavy atom. The SMILES string of the molecule is CCCNC1CC(C2CCOCC2)Oc2cc(F)ccc21. The number of halogens is 1. The van der Waals surface area contributed by atoms with Gasteiger partial charge in [-0.2, -0.15) is 0 Å². The van der Waals surface area contributed by atoms with Gasteiger partial charge >= 0.3 is 0 Å². The Morgan fingerprint density at radius 3 is 2.86 bits per heavy atom. The standard InChI is InChI=1S/C17H24FNO2/c1-2-7-19-15-11-16(12-5-8-20-9-6-12)21-17-10-13(18)3-4-14(15)17/h3-4,10,12,15-16,19H,2,5-9,11H2,1H3. The summed E-state index contributed by atoms with van der Waals surface area (Å²) in [5.74, 6) is 1.00. The Bertz CT molecular complexity index is 474. The van der Waals surface area contributed by atoms with Gasteiger partial charge in [-0.1, -0.05) is 13.0 Å². The van der Waals surface area contributed by atoms with E-state index in [2.05, 4.69) is 12.2 Å². The van der Waals surface area contributed by atoms with Crippen LogP contribution in [0.25, 0.3) is 0 Å². The minimum Gasteiger partial charge on any atom is -0.490 e. The van der Waals surface area contributed by atoms with Crippen LogP contribution in [0.15, 0.2) is 18.2 Å². The molecule has 116 valence electrons. The van der Waals surface area contributed by atoms with Crippen molar-refractivity contribution in [2.24, 2.45) is 5.92 Å². The monoisotopic (exact) mass is 293 g/mol. The molecule has 0 aliphatic carbocycles. The Kier molecular flexibility index (Phi) is 4.76. The fourth-order valence-electron chi connectivity index (χ4n) is 3.36. The Hall–Kier alpha value is -1.13. The van der Waals surface area contributed by atoms with Crippen LogP contribution >= 0.6 is 0 Å². The first-order valence-corrected chi connectivity index (χ1v) is 8.05. The van der Waals surface area contributed by atoms with E-state index in [-0.39, 0.29) is 18.0 Å². The molecule has 2 atom stereocenters. The summed E-state index contributed by atoms with van der Waals surface area (Å²) in [4.78, 5) is 0. The zero-order valence-electron chi connectivity index (χ0n) is 12.6. The van der Waals surface area contributed by atoms with Crippen molar-refractivity contribution in [1.82, 2.24) is 5.32 Å². The van der Waals surface area contributed by atoms with Gasteiger partial charge in [0.25, 0.3) is 0 Å². The molecule has 1 fully saturated rings. The summed E-state index contributed by atoms with van der Waals surface area (Å²) in [5.41, 5.74) is 1.09. The van der Waals surface area contributed by atoms with Crippen LogP contribution < -0.4 is 10.1 Å². The van der Waals surface area contributed by atoms with E-state index in [0.29, 0.717) is 11.7 Å². The van der Waals surface area contributed by atoms with Crippen molar-refractivity contribution in [1.29, 1.82) is 0 Å². The minimum atomic E-state index is -0.226. The first kappa shape index (κ1) is 14.8. The first-order chi connectivity index (χ1) is 10.3. The smallest absolute Gasteiger partial charge is 0.127 e. The molecule has 2 unspecified atom stereocenters. The molecular formula is C17H24FNO2. The number of fused-ring (bicyclic) bond motifs is 1. The molecule has 0 spiro atoms. The van der Waals surface area contributed by atoms with Gasteiger partial charge in [-0.05, 0) is 31.9 Å². The highest BCUT2D eigenvalue weighted by Crippen LogP contribution is 2.39. The van der Waals surface area contributed by atoms with E-state index in [1.807, 2.05) is 6.07 Å². The zero-order chi connectivity index (χ0) is 14.7. The maximum Gasteiger partial charge on any atom is 0.127 e. The van der Waals surface area contributed by atoms with E-state index in [1.54, 1.807) is 0 Å². The van der Waals surface area contributed by atoms with Gasteiger partial charge in [-0.25, -0.2) is 4.39 Å². The second-order valence-electron chi connectivity index (χ2n) is 6.03. The number of rotatable bonds is 4. The molecule has 3 nitrogen and oxygen atoms in total. The third-order valence-corrected chi connectivity index (χ3v) is 4.53. The van der Waals surface area contributed by atoms with E-state index in [0.717, 1.165) is 51.0 Å². The molecular weight excluding hydrogens is 269 g/mol. The number of ether oxygens (including phenoxy) is 2. The highest BCUT2D eigenvalue weighted by atomic mass is 19.1. The number of benzene rings is 1. The summed E-state index contributed by atoms with van der Waals surface area (Å²) >= 11 is 0. The van der Waals surface area contributed by atoms with Crippen molar-refractivity contribution in [3.63, 3.8) is 0 Å². The van der Waals surface area contributed by atoms with Gasteiger partial charge in [0.15, 0.2) is 0 Å². The molecule has 4 heteroatoms. The lowest BCUT2D eigenvalue weighted by Crippen LogP contribution is -2.39. The molecule has 0 bridgehead atoms. The van der Waals surface area contributed by atoms with Crippen molar-refractivity contribution in [3.8, 4) is 5.75 Å². The zero-order valence-corrected chi connectivity index (χ0v) is 12.6. The van der Waals surface area contributed by atoms with Crippen LogP contribution in [-0.4, -0.2) is 25.9 Å². The molecule has 1 N–H and O–H groups in total. The van der Waals surface area contributed by atoms with E-state index >= 15 is 0 Å². The van der Waals surface area contributed by atoms with Crippen molar-refractivity contribution >= 4 is 0 Å². The van der Waals surface area contributed by atoms with E-state index < -0.39 is 0 Å². The lowest BCUT2D eigenvalue weighted by atomic mass is 9.85. The van der Waals surface area contributed by atoms with Crippen LogP contribution in [0.3, 0.4) is 0 Å². The van der Waals surface area contributed by atoms with Gasteiger partial charge < -0.3 is 14.8 Å². The maximum atomic E-state index is 13.5. The van der Waals surface area contributed by atoms with Crippen LogP contribution in [0.5, 0.6) is 5.75 Å². The van der Waals surface area contributed by atoms with Crippen molar-refractivity contribution < 1.29 is 13.9 Å². The summed E-state index contributed by atoms with van der Waals surface area (Å²) < 4.78 is 25.1. The van der Waals surface area contributed by atoms with Gasteiger partial charge in [0.1, 0.15) is 17.7 Å². The highest BCUT2D eigenvalue weighted by molar-refractivity contribution is 5.38. The first-order valence-electron chi connectivity index (χ1n) is 8.05. The maximum absolute atomic E-state index is 13.5. The second kappa shape index (κ2) is 6.75. The quantitative estimate of drug-likeness (QED) is 0.922. The normalized spacial score (nSPS) is 26.2. The van der Waals surface area contributed by atoms with Crippen LogP contribution in [0.4, 0.5) is 4.39 Å². The second-order valence-corrected chi connectivity index (χ2v) is 6.03. The van der Waals surface area contributed by atoms with Crippen molar-refractivity contribution in [2.75, 3.05) is 19.8 Å². The predicted octanol–water partition coefficient (Wildman–Crippen LogP) is 3.44. The molecule has 2 aliphatic heterocycles.